The first-order valence-electron chi connectivity index (χ1n) is 6.84. The Bertz CT molecular complexity index is 539. The summed E-state index contributed by atoms with van der Waals surface area (Å²) in [7, 11) is 1.21. The summed E-state index contributed by atoms with van der Waals surface area (Å²) < 4.78 is 9.42. The van der Waals surface area contributed by atoms with E-state index in [2.05, 4.69) is 10.1 Å². The van der Waals surface area contributed by atoms with E-state index in [-0.39, 0.29) is 12.5 Å². The van der Waals surface area contributed by atoms with Crippen molar-refractivity contribution in [3.8, 4) is 0 Å². The average Bonchev–Trinajstić information content (AvgIpc) is 2.56. The highest BCUT2D eigenvalue weighted by Crippen LogP contribution is 2.13. The standard InChI is InChI=1S/C16H19NO5/c1-3-14(18)17-13(12-7-5-4-6-8-12)11-22-16(20)10-9-15(19)21-2/h4-10,13H,3,11H2,1-2H3,(H,17,18)/b10-9+. The molecule has 6 nitrogen and oxygen atoms in total. The maximum atomic E-state index is 11.6. The zero-order valence-electron chi connectivity index (χ0n) is 12.6. The molecule has 0 spiro atoms. The Labute approximate surface area is 129 Å². The summed E-state index contributed by atoms with van der Waals surface area (Å²) in [6.45, 7) is 1.71. The van der Waals surface area contributed by atoms with Crippen LogP contribution in [0.4, 0.5) is 0 Å². The summed E-state index contributed by atoms with van der Waals surface area (Å²) in [5, 5.41) is 2.78. The number of hydrogen-bond donors (Lipinski definition) is 1. The number of carbonyl (C=O) groups excluding carboxylic acids is 3. The zero-order chi connectivity index (χ0) is 16.4. The van der Waals surface area contributed by atoms with Crippen molar-refractivity contribution < 1.29 is 23.9 Å². The highest BCUT2D eigenvalue weighted by Gasteiger charge is 2.15. The Morgan fingerprint density at radius 2 is 1.77 bits per heavy atom. The van der Waals surface area contributed by atoms with Gasteiger partial charge < -0.3 is 14.8 Å². The summed E-state index contributed by atoms with van der Waals surface area (Å²) in [6.07, 6.45) is 2.29. The van der Waals surface area contributed by atoms with E-state index in [1.807, 2.05) is 30.3 Å². The number of benzene rings is 1. The number of hydrogen-bond acceptors (Lipinski definition) is 5. The molecule has 1 aromatic rings. The van der Waals surface area contributed by atoms with Gasteiger partial charge in [-0.3, -0.25) is 4.79 Å². The van der Waals surface area contributed by atoms with E-state index < -0.39 is 18.0 Å². The molecule has 0 aliphatic rings. The number of rotatable bonds is 7. The molecule has 1 rings (SSSR count). The number of methoxy groups -OCH3 is 1. The predicted octanol–water partition coefficient (Wildman–Crippen LogP) is 1.53. The summed E-state index contributed by atoms with van der Waals surface area (Å²) >= 11 is 0. The minimum Gasteiger partial charge on any atom is -0.466 e. The minimum atomic E-state index is -0.683. The minimum absolute atomic E-state index is 0.0277. The third-order valence-electron chi connectivity index (χ3n) is 2.81. The number of amides is 1. The van der Waals surface area contributed by atoms with E-state index in [0.29, 0.717) is 6.42 Å². The summed E-state index contributed by atoms with van der Waals surface area (Å²) in [5.41, 5.74) is 0.828. The average molecular weight is 305 g/mol. The van der Waals surface area contributed by atoms with Crippen molar-refractivity contribution in [1.82, 2.24) is 5.32 Å². The molecule has 0 saturated heterocycles. The van der Waals surface area contributed by atoms with Crippen molar-refractivity contribution in [3.63, 3.8) is 0 Å². The smallest absolute Gasteiger partial charge is 0.331 e. The van der Waals surface area contributed by atoms with Gasteiger partial charge in [0.05, 0.1) is 13.2 Å². The van der Waals surface area contributed by atoms with Crippen molar-refractivity contribution in [3.05, 3.63) is 48.0 Å². The van der Waals surface area contributed by atoms with Crippen molar-refractivity contribution in [2.75, 3.05) is 13.7 Å². The van der Waals surface area contributed by atoms with Gasteiger partial charge in [-0.2, -0.15) is 0 Å². The van der Waals surface area contributed by atoms with Crippen LogP contribution in [0.2, 0.25) is 0 Å². The molecule has 0 fully saturated rings. The fourth-order valence-electron chi connectivity index (χ4n) is 1.62. The van der Waals surface area contributed by atoms with Gasteiger partial charge in [-0.1, -0.05) is 37.3 Å². The monoisotopic (exact) mass is 305 g/mol. The van der Waals surface area contributed by atoms with Crippen LogP contribution >= 0.6 is 0 Å². The maximum absolute atomic E-state index is 11.6. The molecule has 1 aromatic carbocycles. The van der Waals surface area contributed by atoms with Crippen LogP contribution in [0, 0.1) is 0 Å². The van der Waals surface area contributed by atoms with Crippen LogP contribution in [0.3, 0.4) is 0 Å². The van der Waals surface area contributed by atoms with Crippen molar-refractivity contribution in [1.29, 1.82) is 0 Å². The lowest BCUT2D eigenvalue weighted by atomic mass is 10.1. The zero-order valence-corrected chi connectivity index (χ0v) is 12.6. The van der Waals surface area contributed by atoms with Crippen molar-refractivity contribution in [2.24, 2.45) is 0 Å². The van der Waals surface area contributed by atoms with E-state index >= 15 is 0 Å². The largest absolute Gasteiger partial charge is 0.466 e. The first kappa shape index (κ1) is 17.4. The molecule has 0 aromatic heterocycles. The molecular formula is C16H19NO5. The molecule has 0 heterocycles. The van der Waals surface area contributed by atoms with Crippen LogP contribution in [0.25, 0.3) is 0 Å². The van der Waals surface area contributed by atoms with Gasteiger partial charge in [0.1, 0.15) is 6.61 Å². The van der Waals surface area contributed by atoms with Gasteiger partial charge in [0.15, 0.2) is 0 Å². The Morgan fingerprint density at radius 1 is 1.14 bits per heavy atom. The lowest BCUT2D eigenvalue weighted by molar-refractivity contribution is -0.140. The fourth-order valence-corrected chi connectivity index (χ4v) is 1.62. The van der Waals surface area contributed by atoms with Crippen LogP contribution in [0.15, 0.2) is 42.5 Å². The first-order chi connectivity index (χ1) is 10.6. The number of carbonyl (C=O) groups is 3. The molecule has 1 atom stereocenters. The van der Waals surface area contributed by atoms with E-state index in [0.717, 1.165) is 17.7 Å². The molecule has 118 valence electrons. The quantitative estimate of drug-likeness (QED) is 0.610. The topological polar surface area (TPSA) is 81.7 Å². The van der Waals surface area contributed by atoms with Crippen LogP contribution in [0.1, 0.15) is 24.9 Å². The van der Waals surface area contributed by atoms with E-state index in [4.69, 9.17) is 4.74 Å². The second kappa shape index (κ2) is 9.33. The fraction of sp³-hybridized carbons (Fsp3) is 0.312. The molecule has 0 saturated carbocycles. The van der Waals surface area contributed by atoms with Gasteiger partial charge in [0.25, 0.3) is 0 Å². The lowest BCUT2D eigenvalue weighted by Gasteiger charge is -2.18. The third kappa shape index (κ3) is 6.21. The Morgan fingerprint density at radius 3 is 2.36 bits per heavy atom. The highest BCUT2D eigenvalue weighted by molar-refractivity contribution is 5.91. The highest BCUT2D eigenvalue weighted by atomic mass is 16.5. The Balaban J connectivity index is 2.65. The number of ether oxygens (including phenoxy) is 2. The normalized spacial score (nSPS) is 11.7. The summed E-state index contributed by atoms with van der Waals surface area (Å²) in [6, 6.07) is 8.74. The maximum Gasteiger partial charge on any atom is 0.331 e. The second-order valence-electron chi connectivity index (χ2n) is 4.37. The van der Waals surface area contributed by atoms with Crippen LogP contribution < -0.4 is 5.32 Å². The molecule has 6 heteroatoms. The predicted molar refractivity (Wildman–Crippen MR) is 79.7 cm³/mol. The third-order valence-corrected chi connectivity index (χ3v) is 2.81. The Kier molecular flexibility index (Phi) is 7.39. The van der Waals surface area contributed by atoms with Crippen LogP contribution in [-0.4, -0.2) is 31.6 Å². The van der Waals surface area contributed by atoms with Crippen molar-refractivity contribution >= 4 is 17.8 Å². The number of nitrogens with one attached hydrogen (secondary N) is 1. The van der Waals surface area contributed by atoms with E-state index in [1.165, 1.54) is 7.11 Å². The van der Waals surface area contributed by atoms with Crippen molar-refractivity contribution in [2.45, 2.75) is 19.4 Å². The summed E-state index contributed by atoms with van der Waals surface area (Å²) in [4.78, 5) is 34.0. The van der Waals surface area contributed by atoms with Gasteiger partial charge >= 0.3 is 11.9 Å². The van der Waals surface area contributed by atoms with Gasteiger partial charge in [0.2, 0.25) is 5.91 Å². The molecule has 1 amide bonds. The molecule has 0 aliphatic heterocycles. The van der Waals surface area contributed by atoms with E-state index in [1.54, 1.807) is 6.92 Å². The number of esters is 2. The lowest BCUT2D eigenvalue weighted by Crippen LogP contribution is -2.31. The van der Waals surface area contributed by atoms with E-state index in [9.17, 15) is 14.4 Å². The van der Waals surface area contributed by atoms with Gasteiger partial charge in [-0.15, -0.1) is 0 Å². The molecule has 0 bridgehead atoms. The van der Waals surface area contributed by atoms with Crippen LogP contribution in [0.5, 0.6) is 0 Å². The summed E-state index contributed by atoms with van der Waals surface area (Å²) in [5.74, 6) is -1.47. The first-order valence-corrected chi connectivity index (χ1v) is 6.84. The van der Waals surface area contributed by atoms with Gasteiger partial charge in [-0.05, 0) is 5.56 Å². The molecular weight excluding hydrogens is 286 g/mol. The second-order valence-corrected chi connectivity index (χ2v) is 4.37. The SMILES string of the molecule is CCC(=O)NC(COC(=O)/C=C/C(=O)OC)c1ccccc1. The molecule has 0 aliphatic carbocycles. The molecule has 1 unspecified atom stereocenters. The molecule has 1 N–H and O–H groups in total. The molecule has 22 heavy (non-hydrogen) atoms. The van der Waals surface area contributed by atoms with Gasteiger partial charge in [0, 0.05) is 18.6 Å². The molecule has 0 radical (unpaired) electrons. The van der Waals surface area contributed by atoms with Crippen LogP contribution in [-0.2, 0) is 23.9 Å². The Hall–Kier alpha value is -2.63. The van der Waals surface area contributed by atoms with Gasteiger partial charge in [-0.25, -0.2) is 9.59 Å².